The van der Waals surface area contributed by atoms with E-state index in [2.05, 4.69) is 10.3 Å². The number of rotatable bonds is 9. The molecule has 4 rings (SSSR count). The number of aliphatic hydroxyl groups is 1. The molecule has 1 fully saturated rings. The van der Waals surface area contributed by atoms with Gasteiger partial charge in [0, 0.05) is 5.56 Å². The van der Waals surface area contributed by atoms with E-state index in [1.165, 1.54) is 25.7 Å². The molecule has 0 radical (unpaired) electrons. The monoisotopic (exact) mass is 459 g/mol. The Kier molecular flexibility index (Phi) is 7.91. The summed E-state index contributed by atoms with van der Waals surface area (Å²) in [5.41, 5.74) is 4.33. The van der Waals surface area contributed by atoms with E-state index in [0.29, 0.717) is 18.3 Å². The van der Waals surface area contributed by atoms with Crippen LogP contribution in [0.15, 0.2) is 54.7 Å². The fourth-order valence-electron chi connectivity index (χ4n) is 4.47. The molecule has 1 aliphatic rings. The molecule has 1 saturated carbocycles. The highest BCUT2D eigenvalue weighted by atomic mass is 16.5. The normalized spacial score (nSPS) is 14.7. The Morgan fingerprint density at radius 2 is 1.82 bits per heavy atom. The molecule has 178 valence electrons. The Bertz CT molecular complexity index is 1090. The fourth-order valence-corrected chi connectivity index (χ4v) is 4.47. The molecule has 0 aliphatic heterocycles. The lowest BCUT2D eigenvalue weighted by Crippen LogP contribution is -2.18. The molecule has 1 aliphatic carbocycles. The second-order valence-corrected chi connectivity index (χ2v) is 9.01. The predicted octanol–water partition coefficient (Wildman–Crippen LogP) is 5.51. The molecule has 1 heterocycles. The van der Waals surface area contributed by atoms with Crippen LogP contribution >= 0.6 is 0 Å². The highest BCUT2D eigenvalue weighted by molar-refractivity contribution is 5.92. The Labute approximate surface area is 201 Å². The van der Waals surface area contributed by atoms with Gasteiger partial charge >= 0.3 is 0 Å². The van der Waals surface area contributed by atoms with Gasteiger partial charge in [-0.1, -0.05) is 62.1 Å². The van der Waals surface area contributed by atoms with Crippen LogP contribution in [0.1, 0.15) is 62.5 Å². The molecule has 3 aromatic rings. The summed E-state index contributed by atoms with van der Waals surface area (Å²) in [6, 6.07) is 15.3. The van der Waals surface area contributed by atoms with Crippen LogP contribution in [-0.2, 0) is 17.6 Å². The first kappa shape index (κ1) is 23.9. The highest BCUT2D eigenvalue weighted by Crippen LogP contribution is 2.30. The van der Waals surface area contributed by atoms with Crippen molar-refractivity contribution in [2.24, 2.45) is 5.92 Å². The van der Waals surface area contributed by atoms with E-state index in [0.717, 1.165) is 40.2 Å². The zero-order valence-corrected chi connectivity index (χ0v) is 20.0. The van der Waals surface area contributed by atoms with E-state index in [1.54, 1.807) is 13.1 Å². The summed E-state index contributed by atoms with van der Waals surface area (Å²) in [6.07, 6.45) is 7.15. The summed E-state index contributed by atoms with van der Waals surface area (Å²) in [7, 11) is 0. The minimum atomic E-state index is -0.508. The topological polar surface area (TPSA) is 84.3 Å². The van der Waals surface area contributed by atoms with Crippen molar-refractivity contribution in [2.45, 2.75) is 58.5 Å². The molecule has 6 heteroatoms. The molecule has 0 bridgehead atoms. The molecule has 2 N–H and O–H groups in total. The first-order valence-corrected chi connectivity index (χ1v) is 12.2. The van der Waals surface area contributed by atoms with Gasteiger partial charge in [0.2, 0.25) is 5.91 Å². The van der Waals surface area contributed by atoms with Crippen LogP contribution in [-0.4, -0.2) is 27.6 Å². The zero-order chi connectivity index (χ0) is 23.9. The van der Waals surface area contributed by atoms with Crippen molar-refractivity contribution in [3.63, 3.8) is 0 Å². The lowest BCUT2D eigenvalue weighted by atomic mass is 10.0. The van der Waals surface area contributed by atoms with Crippen LogP contribution in [0.2, 0.25) is 0 Å². The van der Waals surface area contributed by atoms with Crippen LogP contribution in [0, 0.1) is 5.92 Å². The first-order chi connectivity index (χ1) is 16.5. The van der Waals surface area contributed by atoms with Gasteiger partial charge in [-0.3, -0.25) is 4.79 Å². The molecular weight excluding hydrogens is 426 g/mol. The van der Waals surface area contributed by atoms with Crippen molar-refractivity contribution in [2.75, 3.05) is 11.9 Å². The van der Waals surface area contributed by atoms with Crippen molar-refractivity contribution in [3.05, 3.63) is 71.5 Å². The van der Waals surface area contributed by atoms with Crippen LogP contribution in [0.5, 0.6) is 5.75 Å². The van der Waals surface area contributed by atoms with Gasteiger partial charge in [0.05, 0.1) is 36.7 Å². The van der Waals surface area contributed by atoms with E-state index in [4.69, 9.17) is 9.72 Å². The minimum Gasteiger partial charge on any atom is -0.494 e. The molecular formula is C28H33N3O3. The number of carbonyl (C=O) groups excluding carboxylic acids is 1. The van der Waals surface area contributed by atoms with Gasteiger partial charge in [-0.05, 0) is 49.4 Å². The molecule has 0 saturated heterocycles. The highest BCUT2D eigenvalue weighted by Gasteiger charge is 2.20. The third kappa shape index (κ3) is 6.20. The van der Waals surface area contributed by atoms with Crippen LogP contribution in [0.25, 0.3) is 11.3 Å². The SMILES string of the molecule is CCOc1ccc(CC(=O)Nc2ncc(-c3ccc(C(C)O)cc3)nc2CC2CCCC2)cc1. The molecule has 2 aromatic carbocycles. The summed E-state index contributed by atoms with van der Waals surface area (Å²) in [4.78, 5) is 22.3. The quantitative estimate of drug-likeness (QED) is 0.441. The molecule has 0 spiro atoms. The van der Waals surface area contributed by atoms with Gasteiger partial charge in [-0.15, -0.1) is 0 Å². The minimum absolute atomic E-state index is 0.111. The summed E-state index contributed by atoms with van der Waals surface area (Å²) in [5, 5.41) is 12.8. The molecule has 34 heavy (non-hydrogen) atoms. The Morgan fingerprint density at radius 3 is 2.47 bits per heavy atom. The van der Waals surface area contributed by atoms with Crippen molar-refractivity contribution in [1.29, 1.82) is 0 Å². The Balaban J connectivity index is 1.52. The van der Waals surface area contributed by atoms with Crippen molar-refractivity contribution in [3.8, 4) is 17.0 Å². The van der Waals surface area contributed by atoms with Gasteiger partial charge in [0.1, 0.15) is 5.75 Å². The number of nitrogens with one attached hydrogen (secondary N) is 1. The van der Waals surface area contributed by atoms with Gasteiger partial charge in [0.15, 0.2) is 5.82 Å². The van der Waals surface area contributed by atoms with Gasteiger partial charge < -0.3 is 15.2 Å². The molecule has 6 nitrogen and oxygen atoms in total. The maximum atomic E-state index is 12.8. The van der Waals surface area contributed by atoms with E-state index in [1.807, 2.05) is 55.5 Å². The number of carbonyl (C=O) groups is 1. The number of aliphatic hydroxyl groups excluding tert-OH is 1. The lowest BCUT2D eigenvalue weighted by molar-refractivity contribution is -0.115. The average molecular weight is 460 g/mol. The lowest BCUT2D eigenvalue weighted by Gasteiger charge is -2.15. The second kappa shape index (κ2) is 11.3. The van der Waals surface area contributed by atoms with Crippen molar-refractivity contribution in [1.82, 2.24) is 9.97 Å². The summed E-state index contributed by atoms with van der Waals surface area (Å²) in [6.45, 7) is 4.31. The number of nitrogens with zero attached hydrogens (tertiary/aromatic N) is 2. The summed E-state index contributed by atoms with van der Waals surface area (Å²) >= 11 is 0. The van der Waals surface area contributed by atoms with Gasteiger partial charge in [0.25, 0.3) is 0 Å². The number of anilines is 1. The number of hydrogen-bond acceptors (Lipinski definition) is 5. The van der Waals surface area contributed by atoms with Gasteiger partial charge in [-0.25, -0.2) is 9.97 Å². The standard InChI is InChI=1S/C28H33N3O3/c1-3-34-24-14-8-21(9-15-24)17-27(33)31-28-25(16-20-6-4-5-7-20)30-26(18-29-28)23-12-10-22(11-13-23)19(2)32/h8-15,18-20,32H,3-7,16-17H2,1-2H3,(H,29,31,33). The zero-order valence-electron chi connectivity index (χ0n) is 20.0. The Hall–Kier alpha value is -3.25. The summed E-state index contributed by atoms with van der Waals surface area (Å²) < 4.78 is 5.48. The molecule has 1 unspecified atom stereocenters. The Morgan fingerprint density at radius 1 is 1.12 bits per heavy atom. The maximum Gasteiger partial charge on any atom is 0.229 e. The van der Waals surface area contributed by atoms with Crippen LogP contribution in [0.3, 0.4) is 0 Å². The third-order valence-corrected chi connectivity index (χ3v) is 6.35. The predicted molar refractivity (Wildman–Crippen MR) is 134 cm³/mol. The maximum absolute atomic E-state index is 12.8. The number of amides is 1. The number of ether oxygens (including phenoxy) is 1. The number of benzene rings is 2. The van der Waals surface area contributed by atoms with Gasteiger partial charge in [-0.2, -0.15) is 0 Å². The molecule has 1 atom stereocenters. The second-order valence-electron chi connectivity index (χ2n) is 9.01. The smallest absolute Gasteiger partial charge is 0.229 e. The van der Waals surface area contributed by atoms with E-state index in [9.17, 15) is 9.90 Å². The van der Waals surface area contributed by atoms with E-state index in [-0.39, 0.29) is 12.3 Å². The third-order valence-electron chi connectivity index (χ3n) is 6.35. The van der Waals surface area contributed by atoms with E-state index < -0.39 is 6.10 Å². The van der Waals surface area contributed by atoms with Crippen LogP contribution in [0.4, 0.5) is 5.82 Å². The van der Waals surface area contributed by atoms with Crippen molar-refractivity contribution < 1.29 is 14.6 Å². The van der Waals surface area contributed by atoms with E-state index >= 15 is 0 Å². The molecule has 1 aromatic heterocycles. The number of hydrogen-bond donors (Lipinski definition) is 2. The van der Waals surface area contributed by atoms with Crippen LogP contribution < -0.4 is 10.1 Å². The summed E-state index contributed by atoms with van der Waals surface area (Å²) in [5.74, 6) is 1.81. The fraction of sp³-hybridized carbons (Fsp3) is 0.393. The first-order valence-electron chi connectivity index (χ1n) is 12.2. The largest absolute Gasteiger partial charge is 0.494 e. The molecule has 1 amide bonds. The number of aromatic nitrogens is 2. The van der Waals surface area contributed by atoms with Crippen molar-refractivity contribution >= 4 is 11.7 Å². The average Bonchev–Trinajstić information content (AvgIpc) is 3.35.